The van der Waals surface area contributed by atoms with Gasteiger partial charge in [0.1, 0.15) is 6.04 Å². The molecule has 0 aliphatic carbocycles. The minimum atomic E-state index is -0.541. The van der Waals surface area contributed by atoms with Crippen LogP contribution in [0.1, 0.15) is 25.5 Å². The van der Waals surface area contributed by atoms with Gasteiger partial charge in [-0.05, 0) is 29.7 Å². The van der Waals surface area contributed by atoms with E-state index in [2.05, 4.69) is 0 Å². The second-order valence-electron chi connectivity index (χ2n) is 5.35. The van der Waals surface area contributed by atoms with Crippen molar-refractivity contribution in [2.45, 2.75) is 25.1 Å². The summed E-state index contributed by atoms with van der Waals surface area (Å²) in [6.45, 7) is 1.32. The lowest BCUT2D eigenvalue weighted by Gasteiger charge is -2.36. The minimum Gasteiger partial charge on any atom is -0.468 e. The van der Waals surface area contributed by atoms with E-state index in [-0.39, 0.29) is 23.8 Å². The molecule has 2 heterocycles. The van der Waals surface area contributed by atoms with Gasteiger partial charge in [0.05, 0.1) is 7.11 Å². The van der Waals surface area contributed by atoms with Crippen LogP contribution in [0.5, 0.6) is 0 Å². The van der Waals surface area contributed by atoms with Gasteiger partial charge < -0.3 is 4.74 Å². The zero-order valence-electron chi connectivity index (χ0n) is 12.1. The van der Waals surface area contributed by atoms with Crippen molar-refractivity contribution in [2.75, 3.05) is 20.2 Å². The van der Waals surface area contributed by atoms with Gasteiger partial charge >= 0.3 is 5.97 Å². The van der Waals surface area contributed by atoms with Crippen LogP contribution < -0.4 is 0 Å². The van der Waals surface area contributed by atoms with Crippen molar-refractivity contribution >= 4 is 34.4 Å². The van der Waals surface area contributed by atoms with E-state index in [0.717, 1.165) is 24.1 Å². The summed E-state index contributed by atoms with van der Waals surface area (Å²) in [5, 5.41) is 0.911. The number of benzene rings is 1. The summed E-state index contributed by atoms with van der Waals surface area (Å²) >= 11 is 7.64. The van der Waals surface area contributed by atoms with Gasteiger partial charge in [0.15, 0.2) is 0 Å². The molecule has 6 heteroatoms. The van der Waals surface area contributed by atoms with Crippen LogP contribution in [0.2, 0.25) is 5.02 Å². The number of esters is 1. The fourth-order valence-corrected chi connectivity index (χ4v) is 4.24. The number of piperidine rings is 1. The third-order valence-electron chi connectivity index (χ3n) is 4.03. The molecule has 2 unspecified atom stereocenters. The van der Waals surface area contributed by atoms with Crippen LogP contribution >= 0.6 is 23.4 Å². The van der Waals surface area contributed by atoms with Crippen molar-refractivity contribution in [2.24, 2.45) is 0 Å². The lowest BCUT2D eigenvalue weighted by Crippen LogP contribution is -2.42. The summed E-state index contributed by atoms with van der Waals surface area (Å²) in [5.41, 5.74) is 1.83. The maximum absolute atomic E-state index is 12.3. The quantitative estimate of drug-likeness (QED) is 0.779. The number of halogens is 1. The van der Waals surface area contributed by atoms with Crippen molar-refractivity contribution in [3.05, 3.63) is 46.5 Å². The van der Waals surface area contributed by atoms with E-state index in [1.807, 2.05) is 23.1 Å². The number of rotatable bonds is 3. The smallest absolute Gasteiger partial charge is 0.327 e. The predicted octanol–water partition coefficient (Wildman–Crippen LogP) is 3.46. The van der Waals surface area contributed by atoms with Crippen molar-refractivity contribution in [3.63, 3.8) is 0 Å². The van der Waals surface area contributed by atoms with Crippen LogP contribution in [0.25, 0.3) is 0 Å². The van der Waals surface area contributed by atoms with Gasteiger partial charge in [0, 0.05) is 23.4 Å². The van der Waals surface area contributed by atoms with Crippen molar-refractivity contribution < 1.29 is 14.3 Å². The van der Waals surface area contributed by atoms with Gasteiger partial charge in [-0.3, -0.25) is 9.69 Å². The molecule has 3 rings (SSSR count). The molecule has 2 aliphatic heterocycles. The molecule has 2 atom stereocenters. The Labute approximate surface area is 145 Å². The lowest BCUT2D eigenvalue weighted by molar-refractivity contribution is -0.147. The topological polar surface area (TPSA) is 46.6 Å². The van der Waals surface area contributed by atoms with Crippen LogP contribution in [-0.2, 0) is 14.3 Å². The summed E-state index contributed by atoms with van der Waals surface area (Å²) in [7, 11) is 1.38. The molecule has 0 amide bonds. The van der Waals surface area contributed by atoms with E-state index < -0.39 is 6.04 Å². The van der Waals surface area contributed by atoms with E-state index >= 15 is 0 Å². The number of hydrogen-bond acceptors (Lipinski definition) is 5. The predicted molar refractivity (Wildman–Crippen MR) is 93.6 cm³/mol. The van der Waals surface area contributed by atoms with Gasteiger partial charge in [0.25, 0.3) is 0 Å². The Kier molecular flexibility index (Phi) is 5.89. The van der Waals surface area contributed by atoms with Crippen LogP contribution in [0.15, 0.2) is 35.9 Å². The molecule has 1 aromatic rings. The number of carbonyl (C=O) groups excluding carboxylic acids is 2. The Balaban J connectivity index is 0.00000192. The summed E-state index contributed by atoms with van der Waals surface area (Å²) in [6, 6.07) is 6.77. The first-order valence-electron chi connectivity index (χ1n) is 7.07. The molecule has 0 bridgehead atoms. The molecular weight excluding hydrogens is 334 g/mol. The van der Waals surface area contributed by atoms with Crippen molar-refractivity contribution in [1.82, 2.24) is 4.90 Å². The number of thioether (sulfide) groups is 1. The Morgan fingerprint density at radius 1 is 1.43 bits per heavy atom. The molecule has 124 valence electrons. The SMILES string of the molecule is C.COC(=O)C(c1ccccc1Cl)N1CCC2SC(=O)C=C2C1. The van der Waals surface area contributed by atoms with Crippen LogP contribution in [0.3, 0.4) is 0 Å². The molecule has 0 radical (unpaired) electrons. The molecule has 1 aromatic carbocycles. The van der Waals surface area contributed by atoms with E-state index in [4.69, 9.17) is 16.3 Å². The Bertz CT molecular complexity index is 646. The third kappa shape index (κ3) is 3.62. The van der Waals surface area contributed by atoms with Gasteiger partial charge in [-0.25, -0.2) is 4.79 Å². The van der Waals surface area contributed by atoms with E-state index in [1.54, 1.807) is 12.1 Å². The first-order chi connectivity index (χ1) is 10.6. The molecule has 0 aromatic heterocycles. The number of hydrogen-bond donors (Lipinski definition) is 0. The van der Waals surface area contributed by atoms with Crippen LogP contribution in [0, 0.1) is 0 Å². The minimum absolute atomic E-state index is 0. The van der Waals surface area contributed by atoms with Gasteiger partial charge in [-0.2, -0.15) is 0 Å². The molecule has 1 saturated heterocycles. The van der Waals surface area contributed by atoms with Gasteiger partial charge in [-0.1, -0.05) is 49.0 Å². The highest BCUT2D eigenvalue weighted by Gasteiger charge is 2.37. The zero-order chi connectivity index (χ0) is 15.7. The maximum atomic E-state index is 12.3. The molecular formula is C17H20ClNO3S. The second kappa shape index (κ2) is 7.51. The van der Waals surface area contributed by atoms with Crippen LogP contribution in [-0.4, -0.2) is 41.4 Å². The molecule has 2 aliphatic rings. The standard InChI is InChI=1S/C16H16ClNO3S.CH4/c1-21-16(20)15(11-4-2-3-5-12(11)17)18-7-6-13-10(9-18)8-14(19)22-13;/h2-5,8,13,15H,6-7,9H2,1H3;1H4. The zero-order valence-corrected chi connectivity index (χ0v) is 13.7. The summed E-state index contributed by atoms with van der Waals surface area (Å²) in [4.78, 5) is 25.9. The molecule has 0 saturated carbocycles. The maximum Gasteiger partial charge on any atom is 0.327 e. The summed E-state index contributed by atoms with van der Waals surface area (Å²) in [5.74, 6) is -0.330. The number of ether oxygens (including phenoxy) is 1. The lowest BCUT2D eigenvalue weighted by atomic mass is 9.98. The first kappa shape index (κ1) is 18.0. The van der Waals surface area contributed by atoms with Crippen molar-refractivity contribution in [3.8, 4) is 0 Å². The largest absolute Gasteiger partial charge is 0.468 e. The number of nitrogens with zero attached hydrogens (tertiary/aromatic N) is 1. The third-order valence-corrected chi connectivity index (χ3v) is 5.55. The van der Waals surface area contributed by atoms with E-state index in [9.17, 15) is 9.59 Å². The average Bonchev–Trinajstić information content (AvgIpc) is 2.88. The number of fused-ring (bicyclic) bond motifs is 1. The Morgan fingerprint density at radius 2 is 2.17 bits per heavy atom. The van der Waals surface area contributed by atoms with Gasteiger partial charge in [-0.15, -0.1) is 0 Å². The number of methoxy groups -OCH3 is 1. The first-order valence-corrected chi connectivity index (χ1v) is 8.33. The molecule has 23 heavy (non-hydrogen) atoms. The van der Waals surface area contributed by atoms with E-state index in [1.165, 1.54) is 18.9 Å². The van der Waals surface area contributed by atoms with E-state index in [0.29, 0.717) is 11.6 Å². The molecule has 1 fully saturated rings. The molecule has 0 spiro atoms. The second-order valence-corrected chi connectivity index (χ2v) is 6.97. The number of likely N-dealkylation sites (tertiary alicyclic amines) is 1. The normalized spacial score (nSPS) is 21.9. The Hall–Kier alpha value is -1.30. The molecule has 4 nitrogen and oxygen atoms in total. The highest BCUT2D eigenvalue weighted by molar-refractivity contribution is 8.15. The summed E-state index contributed by atoms with van der Waals surface area (Å²) in [6.07, 6.45) is 2.54. The monoisotopic (exact) mass is 353 g/mol. The molecule has 0 N–H and O–H groups in total. The number of carbonyl (C=O) groups is 2. The van der Waals surface area contributed by atoms with Crippen molar-refractivity contribution in [1.29, 1.82) is 0 Å². The Morgan fingerprint density at radius 3 is 2.87 bits per heavy atom. The van der Waals surface area contributed by atoms with Gasteiger partial charge in [0.2, 0.25) is 5.12 Å². The summed E-state index contributed by atoms with van der Waals surface area (Å²) < 4.78 is 4.98. The fourth-order valence-electron chi connectivity index (χ4n) is 2.98. The fraction of sp³-hybridized carbons (Fsp3) is 0.412. The average molecular weight is 354 g/mol. The highest BCUT2D eigenvalue weighted by Crippen LogP contribution is 2.38. The highest BCUT2D eigenvalue weighted by atomic mass is 35.5. The van der Waals surface area contributed by atoms with Crippen LogP contribution in [0.4, 0.5) is 0 Å².